The molecule has 0 unspecified atom stereocenters. The second-order valence-electron chi connectivity index (χ2n) is 3.30. The van der Waals surface area contributed by atoms with E-state index in [2.05, 4.69) is 20.9 Å². The molecule has 3 heteroatoms. The van der Waals surface area contributed by atoms with Crippen molar-refractivity contribution in [3.05, 3.63) is 64.4 Å². The fourth-order valence-electron chi connectivity index (χ4n) is 1.46. The summed E-state index contributed by atoms with van der Waals surface area (Å²) in [6.45, 7) is 0. The van der Waals surface area contributed by atoms with Crippen molar-refractivity contribution in [1.29, 1.82) is 0 Å². The first kappa shape index (κ1) is 10.3. The van der Waals surface area contributed by atoms with E-state index in [1.165, 1.54) is 0 Å². The zero-order valence-corrected chi connectivity index (χ0v) is 9.68. The molecule has 15 heavy (non-hydrogen) atoms. The van der Waals surface area contributed by atoms with E-state index in [4.69, 9.17) is 5.73 Å². The normalized spacial score (nSPS) is 12.4. The van der Waals surface area contributed by atoms with Gasteiger partial charge in [-0.05, 0) is 39.2 Å². The van der Waals surface area contributed by atoms with Crippen LogP contribution in [0.5, 0.6) is 0 Å². The number of halogens is 1. The van der Waals surface area contributed by atoms with Gasteiger partial charge in [-0.25, -0.2) is 4.98 Å². The molecule has 2 aromatic rings. The van der Waals surface area contributed by atoms with Crippen molar-refractivity contribution >= 4 is 15.9 Å². The predicted molar refractivity (Wildman–Crippen MR) is 64.4 cm³/mol. The van der Waals surface area contributed by atoms with E-state index in [1.807, 2.05) is 42.5 Å². The highest BCUT2D eigenvalue weighted by Crippen LogP contribution is 2.20. The third-order valence-corrected chi connectivity index (χ3v) is 2.70. The predicted octanol–water partition coefficient (Wildman–Crippen LogP) is 2.89. The lowest BCUT2D eigenvalue weighted by Crippen LogP contribution is -2.11. The monoisotopic (exact) mass is 262 g/mol. The highest BCUT2D eigenvalue weighted by Gasteiger charge is 2.08. The molecule has 76 valence electrons. The molecule has 0 radical (unpaired) electrons. The summed E-state index contributed by atoms with van der Waals surface area (Å²) in [7, 11) is 0. The van der Waals surface area contributed by atoms with Crippen LogP contribution in [0, 0.1) is 0 Å². The molecule has 0 amide bonds. The fraction of sp³-hybridized carbons (Fsp3) is 0.0833. The van der Waals surface area contributed by atoms with Gasteiger partial charge in [0.05, 0.1) is 6.04 Å². The van der Waals surface area contributed by atoms with Crippen LogP contribution in [0.25, 0.3) is 0 Å². The van der Waals surface area contributed by atoms with Crippen LogP contribution in [0.3, 0.4) is 0 Å². The van der Waals surface area contributed by atoms with Crippen LogP contribution in [0.4, 0.5) is 0 Å². The zero-order chi connectivity index (χ0) is 10.7. The van der Waals surface area contributed by atoms with E-state index in [9.17, 15) is 0 Å². The zero-order valence-electron chi connectivity index (χ0n) is 8.10. The Balaban J connectivity index is 2.32. The number of pyridine rings is 1. The van der Waals surface area contributed by atoms with Crippen LogP contribution in [0.1, 0.15) is 17.2 Å². The van der Waals surface area contributed by atoms with Crippen molar-refractivity contribution in [2.75, 3.05) is 0 Å². The summed E-state index contributed by atoms with van der Waals surface area (Å²) in [6, 6.07) is 13.8. The van der Waals surface area contributed by atoms with Crippen molar-refractivity contribution in [1.82, 2.24) is 4.98 Å². The van der Waals surface area contributed by atoms with Gasteiger partial charge in [-0.2, -0.15) is 0 Å². The van der Waals surface area contributed by atoms with E-state index < -0.39 is 0 Å². The second-order valence-corrected chi connectivity index (χ2v) is 4.11. The van der Waals surface area contributed by atoms with Gasteiger partial charge < -0.3 is 5.73 Å². The van der Waals surface area contributed by atoms with Gasteiger partial charge in [0.2, 0.25) is 0 Å². The van der Waals surface area contributed by atoms with Crippen LogP contribution < -0.4 is 5.73 Å². The lowest BCUT2D eigenvalue weighted by molar-refractivity contribution is 0.866. The van der Waals surface area contributed by atoms with Gasteiger partial charge in [0.15, 0.2) is 0 Å². The highest BCUT2D eigenvalue weighted by atomic mass is 79.9. The Hall–Kier alpha value is -1.19. The van der Waals surface area contributed by atoms with E-state index in [0.717, 1.165) is 15.7 Å². The summed E-state index contributed by atoms with van der Waals surface area (Å²) in [6.07, 6.45) is 1.75. The summed E-state index contributed by atoms with van der Waals surface area (Å²) in [5, 5.41) is 0. The number of aromatic nitrogens is 1. The topological polar surface area (TPSA) is 38.9 Å². The summed E-state index contributed by atoms with van der Waals surface area (Å²) in [5.41, 5.74) is 8.30. The van der Waals surface area contributed by atoms with Gasteiger partial charge >= 0.3 is 0 Å². The Morgan fingerprint density at radius 1 is 1.07 bits per heavy atom. The molecule has 0 spiro atoms. The van der Waals surface area contributed by atoms with Gasteiger partial charge in [-0.1, -0.05) is 30.3 Å². The molecule has 1 aromatic heterocycles. The Labute approximate surface area is 97.3 Å². The lowest BCUT2D eigenvalue weighted by Gasteiger charge is -2.12. The number of nitrogens with two attached hydrogens (primary N) is 1. The lowest BCUT2D eigenvalue weighted by atomic mass is 10.0. The smallest absolute Gasteiger partial charge is 0.106 e. The number of hydrogen-bond donors (Lipinski definition) is 1. The Morgan fingerprint density at radius 2 is 1.80 bits per heavy atom. The van der Waals surface area contributed by atoms with Crippen LogP contribution in [0.2, 0.25) is 0 Å². The first-order valence-corrected chi connectivity index (χ1v) is 5.48. The fourth-order valence-corrected chi connectivity index (χ4v) is 1.85. The third-order valence-electron chi connectivity index (χ3n) is 2.27. The molecule has 0 fully saturated rings. The maximum atomic E-state index is 6.14. The number of nitrogens with zero attached hydrogens (tertiary/aromatic N) is 1. The van der Waals surface area contributed by atoms with E-state index >= 15 is 0 Å². The van der Waals surface area contributed by atoms with Gasteiger partial charge in [0.1, 0.15) is 4.60 Å². The van der Waals surface area contributed by atoms with Gasteiger partial charge in [-0.3, -0.25) is 0 Å². The second kappa shape index (κ2) is 4.55. The minimum Gasteiger partial charge on any atom is -0.320 e. The van der Waals surface area contributed by atoms with Crippen LogP contribution >= 0.6 is 15.9 Å². The average molecular weight is 263 g/mol. The van der Waals surface area contributed by atoms with E-state index in [0.29, 0.717) is 0 Å². The van der Waals surface area contributed by atoms with Crippen molar-refractivity contribution in [3.8, 4) is 0 Å². The molecule has 2 rings (SSSR count). The number of hydrogen-bond acceptors (Lipinski definition) is 2. The Bertz CT molecular complexity index is 442. The van der Waals surface area contributed by atoms with Crippen molar-refractivity contribution in [3.63, 3.8) is 0 Å². The van der Waals surface area contributed by atoms with Crippen molar-refractivity contribution < 1.29 is 0 Å². The van der Waals surface area contributed by atoms with Gasteiger partial charge in [0, 0.05) is 6.20 Å². The van der Waals surface area contributed by atoms with Gasteiger partial charge in [0.25, 0.3) is 0 Å². The SMILES string of the molecule is N[C@H](c1ccccc1)c1ccnc(Br)c1. The van der Waals surface area contributed by atoms with Gasteiger partial charge in [-0.15, -0.1) is 0 Å². The molecular formula is C12H11BrN2. The number of benzene rings is 1. The van der Waals surface area contributed by atoms with Crippen LogP contribution in [-0.4, -0.2) is 4.98 Å². The molecule has 0 aliphatic heterocycles. The summed E-state index contributed by atoms with van der Waals surface area (Å²) >= 11 is 3.34. The maximum absolute atomic E-state index is 6.14. The van der Waals surface area contributed by atoms with E-state index in [-0.39, 0.29) is 6.04 Å². The molecule has 0 saturated carbocycles. The Morgan fingerprint density at radius 3 is 2.47 bits per heavy atom. The molecule has 0 bridgehead atoms. The van der Waals surface area contributed by atoms with Crippen LogP contribution in [0.15, 0.2) is 53.3 Å². The maximum Gasteiger partial charge on any atom is 0.106 e. The molecule has 0 aliphatic carbocycles. The highest BCUT2D eigenvalue weighted by molar-refractivity contribution is 9.10. The summed E-state index contributed by atoms with van der Waals surface area (Å²) in [5.74, 6) is 0. The molecular weight excluding hydrogens is 252 g/mol. The molecule has 0 saturated heterocycles. The average Bonchev–Trinajstić information content (AvgIpc) is 2.29. The molecule has 0 aliphatic rings. The minimum atomic E-state index is -0.0921. The molecule has 1 aromatic carbocycles. The molecule has 1 atom stereocenters. The standard InChI is InChI=1S/C12H11BrN2/c13-11-8-10(6-7-15-11)12(14)9-4-2-1-3-5-9/h1-8,12H,14H2/t12-/m1/s1. The quantitative estimate of drug-likeness (QED) is 0.846. The minimum absolute atomic E-state index is 0.0921. The van der Waals surface area contributed by atoms with Crippen molar-refractivity contribution in [2.45, 2.75) is 6.04 Å². The Kier molecular flexibility index (Phi) is 3.14. The third kappa shape index (κ3) is 2.43. The van der Waals surface area contributed by atoms with E-state index in [1.54, 1.807) is 6.20 Å². The first-order chi connectivity index (χ1) is 7.27. The number of rotatable bonds is 2. The van der Waals surface area contributed by atoms with Crippen LogP contribution in [-0.2, 0) is 0 Å². The first-order valence-electron chi connectivity index (χ1n) is 4.69. The summed E-state index contributed by atoms with van der Waals surface area (Å²) < 4.78 is 0.811. The van der Waals surface area contributed by atoms with Crippen molar-refractivity contribution in [2.24, 2.45) is 5.73 Å². The summed E-state index contributed by atoms with van der Waals surface area (Å²) in [4.78, 5) is 4.08. The largest absolute Gasteiger partial charge is 0.320 e. The molecule has 2 N–H and O–H groups in total. The molecule has 2 nitrogen and oxygen atoms in total. The molecule has 1 heterocycles.